The van der Waals surface area contributed by atoms with Crippen molar-refractivity contribution in [2.45, 2.75) is 39.3 Å². The summed E-state index contributed by atoms with van der Waals surface area (Å²) in [6.45, 7) is 20.0. The van der Waals surface area contributed by atoms with Gasteiger partial charge in [-0.1, -0.05) is 24.8 Å². The van der Waals surface area contributed by atoms with Crippen LogP contribution in [0.2, 0.25) is 0 Å². The van der Waals surface area contributed by atoms with Gasteiger partial charge in [-0.15, -0.1) is 0 Å². The number of aromatic nitrogens is 2. The summed E-state index contributed by atoms with van der Waals surface area (Å²) in [6.07, 6.45) is 6.21. The van der Waals surface area contributed by atoms with Crippen LogP contribution in [-0.4, -0.2) is 70.7 Å². The van der Waals surface area contributed by atoms with Gasteiger partial charge >= 0.3 is 0 Å². The van der Waals surface area contributed by atoms with Crippen molar-refractivity contribution in [2.75, 3.05) is 55.3 Å². The van der Waals surface area contributed by atoms with E-state index in [1.165, 1.54) is 0 Å². The van der Waals surface area contributed by atoms with Crippen molar-refractivity contribution >= 4 is 23.0 Å². The Kier molecular flexibility index (Phi) is 11.1. The molecule has 3 heterocycles. The first-order valence-electron chi connectivity index (χ1n) is 14.6. The monoisotopic (exact) mass is 585 g/mol. The summed E-state index contributed by atoms with van der Waals surface area (Å²) < 4.78 is 11.3. The zero-order valence-corrected chi connectivity index (χ0v) is 25.4. The molecule has 3 N–H and O–H groups in total. The third kappa shape index (κ3) is 10.4. The molecule has 0 atom stereocenters. The van der Waals surface area contributed by atoms with E-state index in [0.29, 0.717) is 29.5 Å². The van der Waals surface area contributed by atoms with E-state index in [4.69, 9.17) is 9.47 Å². The highest BCUT2D eigenvalue weighted by Gasteiger charge is 2.16. The number of hydrogen-bond donors (Lipinski definition) is 3. The molecule has 228 valence electrons. The Morgan fingerprint density at radius 2 is 1.70 bits per heavy atom. The number of para-hydroxylation sites is 2. The second-order valence-electron chi connectivity index (χ2n) is 11.4. The number of carbonyl (C=O) groups is 1. The molecule has 10 nitrogen and oxygen atoms in total. The molecule has 0 saturated carbocycles. The summed E-state index contributed by atoms with van der Waals surface area (Å²) in [5, 5.41) is 9.47. The van der Waals surface area contributed by atoms with Gasteiger partial charge in [0, 0.05) is 57.0 Å². The lowest BCUT2D eigenvalue weighted by atomic mass is 10.2. The van der Waals surface area contributed by atoms with Crippen LogP contribution in [0.5, 0.6) is 0 Å². The molecular formula is C33H43N7O3. The maximum atomic E-state index is 13.1. The van der Waals surface area contributed by atoms with Crippen LogP contribution in [0.3, 0.4) is 0 Å². The average molecular weight is 586 g/mol. The number of hydrogen-bond acceptors (Lipinski definition) is 9. The van der Waals surface area contributed by atoms with Crippen LogP contribution in [-0.2, 0) is 16.0 Å². The van der Waals surface area contributed by atoms with Gasteiger partial charge in [0.2, 0.25) is 0 Å². The first-order chi connectivity index (χ1) is 20.7. The van der Waals surface area contributed by atoms with Crippen molar-refractivity contribution in [3.63, 3.8) is 0 Å². The van der Waals surface area contributed by atoms with Gasteiger partial charge in [0.15, 0.2) is 5.88 Å². The SMILES string of the molecule is C=C(Nc1ccccc1NC(=O)c1ccc(CN(CCCN2CCOCC2)C(=C)Nc2ccncc2)cn1)OC(C)(C)C. The van der Waals surface area contributed by atoms with Crippen molar-refractivity contribution in [1.29, 1.82) is 0 Å². The molecule has 1 saturated heterocycles. The number of nitrogens with zero attached hydrogens (tertiary/aromatic N) is 4. The molecule has 0 bridgehead atoms. The van der Waals surface area contributed by atoms with E-state index in [9.17, 15) is 4.79 Å². The van der Waals surface area contributed by atoms with E-state index < -0.39 is 5.60 Å². The van der Waals surface area contributed by atoms with Crippen LogP contribution in [0, 0.1) is 0 Å². The van der Waals surface area contributed by atoms with E-state index in [1.807, 2.05) is 63.2 Å². The molecule has 1 amide bonds. The quantitative estimate of drug-likeness (QED) is 0.211. The summed E-state index contributed by atoms with van der Waals surface area (Å²) >= 11 is 0. The molecule has 0 radical (unpaired) electrons. The van der Waals surface area contributed by atoms with Crippen LogP contribution in [0.15, 0.2) is 92.0 Å². The number of nitrogens with one attached hydrogen (secondary N) is 3. The molecule has 10 heteroatoms. The number of morpholine rings is 1. The van der Waals surface area contributed by atoms with Crippen LogP contribution in [0.1, 0.15) is 43.2 Å². The maximum absolute atomic E-state index is 13.1. The summed E-state index contributed by atoms with van der Waals surface area (Å²) in [7, 11) is 0. The van der Waals surface area contributed by atoms with E-state index in [1.54, 1.807) is 24.7 Å². The third-order valence-corrected chi connectivity index (χ3v) is 6.67. The Morgan fingerprint density at radius 3 is 2.35 bits per heavy atom. The fourth-order valence-corrected chi connectivity index (χ4v) is 4.61. The van der Waals surface area contributed by atoms with Crippen LogP contribution in [0.4, 0.5) is 17.1 Å². The Labute approximate surface area is 254 Å². The second-order valence-corrected chi connectivity index (χ2v) is 11.4. The Morgan fingerprint density at radius 1 is 1.00 bits per heavy atom. The predicted molar refractivity (Wildman–Crippen MR) is 172 cm³/mol. The van der Waals surface area contributed by atoms with E-state index in [2.05, 4.69) is 48.9 Å². The standard InChI is InChI=1S/C33H43N7O3/c1-25(36-28-13-15-34-16-14-28)40(18-8-17-39-19-21-42-22-20-39)24-27-11-12-31(35-23-27)32(41)38-30-10-7-6-9-29(30)37-26(2)43-33(3,4)5/h6-7,9-16,23,37H,1-2,8,17-22,24H2,3-5H3,(H,34,36)(H,38,41). The summed E-state index contributed by atoms with van der Waals surface area (Å²) in [5.41, 5.74) is 3.09. The number of ether oxygens (including phenoxy) is 2. The minimum absolute atomic E-state index is 0.311. The van der Waals surface area contributed by atoms with Gasteiger partial charge in [0.1, 0.15) is 11.3 Å². The topological polar surface area (TPSA) is 104 Å². The first kappa shape index (κ1) is 31.5. The van der Waals surface area contributed by atoms with Crippen LogP contribution in [0.25, 0.3) is 0 Å². The minimum Gasteiger partial charge on any atom is -0.474 e. The van der Waals surface area contributed by atoms with E-state index in [0.717, 1.165) is 62.9 Å². The van der Waals surface area contributed by atoms with Gasteiger partial charge in [-0.3, -0.25) is 19.7 Å². The number of pyridine rings is 2. The highest BCUT2D eigenvalue weighted by molar-refractivity contribution is 6.04. The largest absolute Gasteiger partial charge is 0.474 e. The maximum Gasteiger partial charge on any atom is 0.274 e. The number of rotatable bonds is 14. The molecule has 4 rings (SSSR count). The highest BCUT2D eigenvalue weighted by Crippen LogP contribution is 2.25. The molecule has 1 fully saturated rings. The van der Waals surface area contributed by atoms with Crippen LogP contribution >= 0.6 is 0 Å². The fourth-order valence-electron chi connectivity index (χ4n) is 4.61. The minimum atomic E-state index is -0.395. The van der Waals surface area contributed by atoms with Crippen molar-refractivity contribution in [3.05, 3.63) is 103 Å². The van der Waals surface area contributed by atoms with Gasteiger partial charge in [0.05, 0.1) is 30.4 Å². The highest BCUT2D eigenvalue weighted by atomic mass is 16.5. The van der Waals surface area contributed by atoms with Crippen molar-refractivity contribution in [3.8, 4) is 0 Å². The first-order valence-corrected chi connectivity index (χ1v) is 14.6. The Hall–Kier alpha value is -4.41. The van der Waals surface area contributed by atoms with E-state index in [-0.39, 0.29) is 5.91 Å². The zero-order valence-electron chi connectivity index (χ0n) is 25.4. The fraction of sp³-hybridized carbons (Fsp3) is 0.364. The normalized spacial score (nSPS) is 13.6. The number of amides is 1. The van der Waals surface area contributed by atoms with Gasteiger partial charge < -0.3 is 30.3 Å². The van der Waals surface area contributed by atoms with Crippen molar-refractivity contribution in [1.82, 2.24) is 19.8 Å². The summed E-state index contributed by atoms with van der Waals surface area (Å²) in [4.78, 5) is 26.3. The molecule has 1 aromatic carbocycles. The second kappa shape index (κ2) is 15.2. The van der Waals surface area contributed by atoms with E-state index >= 15 is 0 Å². The lowest BCUT2D eigenvalue weighted by Gasteiger charge is -2.30. The molecule has 2 aromatic heterocycles. The molecule has 3 aromatic rings. The Balaban J connectivity index is 1.38. The predicted octanol–water partition coefficient (Wildman–Crippen LogP) is 5.53. The molecule has 0 unspecified atom stereocenters. The zero-order chi connectivity index (χ0) is 30.7. The lowest BCUT2D eigenvalue weighted by Crippen LogP contribution is -2.38. The molecule has 0 aliphatic carbocycles. The number of benzene rings is 1. The smallest absolute Gasteiger partial charge is 0.274 e. The summed E-state index contributed by atoms with van der Waals surface area (Å²) in [5.74, 6) is 0.872. The summed E-state index contributed by atoms with van der Waals surface area (Å²) in [6, 6.07) is 14.9. The Bertz CT molecular complexity index is 1350. The third-order valence-electron chi connectivity index (χ3n) is 6.67. The van der Waals surface area contributed by atoms with Crippen molar-refractivity contribution in [2.24, 2.45) is 0 Å². The number of anilines is 3. The lowest BCUT2D eigenvalue weighted by molar-refractivity contribution is 0.0364. The van der Waals surface area contributed by atoms with Crippen molar-refractivity contribution < 1.29 is 14.3 Å². The molecule has 1 aliphatic heterocycles. The van der Waals surface area contributed by atoms with Gasteiger partial charge in [-0.2, -0.15) is 0 Å². The van der Waals surface area contributed by atoms with Gasteiger partial charge in [-0.25, -0.2) is 0 Å². The molecular weight excluding hydrogens is 542 g/mol. The average Bonchev–Trinajstić information content (AvgIpc) is 2.98. The molecule has 1 aliphatic rings. The molecule has 43 heavy (non-hydrogen) atoms. The van der Waals surface area contributed by atoms with Crippen LogP contribution < -0.4 is 16.0 Å². The van der Waals surface area contributed by atoms with Gasteiger partial charge in [0.25, 0.3) is 5.91 Å². The molecule has 0 spiro atoms. The number of carbonyl (C=O) groups excluding carboxylic acids is 1. The van der Waals surface area contributed by atoms with Gasteiger partial charge in [-0.05, 0) is 69.7 Å².